The third-order valence-electron chi connectivity index (χ3n) is 6.00. The van der Waals surface area contributed by atoms with Crippen LogP contribution < -0.4 is 15.0 Å². The molecule has 37 heavy (non-hydrogen) atoms. The Morgan fingerprint density at radius 2 is 2.03 bits per heavy atom. The van der Waals surface area contributed by atoms with Crippen molar-refractivity contribution < 1.29 is 14.3 Å². The van der Waals surface area contributed by atoms with E-state index in [2.05, 4.69) is 34.1 Å². The molecular weight excluding hydrogens is 537 g/mol. The Bertz CT molecular complexity index is 1380. The highest BCUT2D eigenvalue weighted by atomic mass is 35.5. The summed E-state index contributed by atoms with van der Waals surface area (Å²) in [6, 6.07) is 3.49. The maximum Gasteiger partial charge on any atom is 0.280 e. The highest BCUT2D eigenvalue weighted by Crippen LogP contribution is 2.38. The standard InChI is InChI=1S/C24H25Cl2N7O3S/c1-13(2)4-7-36-20-15(25)8-14(9-16(20)26)17-11-37-23(29-17)30-18(34)10-32-12-28-21-19(32)22(35)31(3)24-27-5-6-33(21)24/h8-9,11-13H,4-7,10H2,1-3H3,(H,29,30,34). The van der Waals surface area contributed by atoms with Gasteiger partial charge in [-0.1, -0.05) is 37.0 Å². The third kappa shape index (κ3) is 5.03. The quantitative estimate of drug-likeness (QED) is 0.429. The van der Waals surface area contributed by atoms with Crippen molar-refractivity contribution >= 4 is 63.3 Å². The maximum absolute atomic E-state index is 12.9. The Labute approximate surface area is 227 Å². The number of guanidine groups is 1. The Balaban J connectivity index is 1.27. The summed E-state index contributed by atoms with van der Waals surface area (Å²) in [4.78, 5) is 42.3. The summed E-state index contributed by atoms with van der Waals surface area (Å²) in [5, 5.41) is 5.81. The fourth-order valence-corrected chi connectivity index (χ4v) is 5.43. The molecule has 1 aromatic carbocycles. The number of anilines is 2. The average molecular weight is 562 g/mol. The lowest BCUT2D eigenvalue weighted by Crippen LogP contribution is -2.48. The summed E-state index contributed by atoms with van der Waals surface area (Å²) in [6.45, 7) is 5.91. The molecule has 2 amide bonds. The van der Waals surface area contributed by atoms with Gasteiger partial charge in [0.25, 0.3) is 5.91 Å². The number of aliphatic imine (C=N–C) groups is 1. The first kappa shape index (κ1) is 25.5. The molecule has 13 heteroatoms. The van der Waals surface area contributed by atoms with E-state index < -0.39 is 0 Å². The van der Waals surface area contributed by atoms with Gasteiger partial charge in [-0.25, -0.2) is 9.97 Å². The first-order valence-electron chi connectivity index (χ1n) is 11.8. The molecule has 10 nitrogen and oxygen atoms in total. The lowest BCUT2D eigenvalue weighted by molar-refractivity contribution is -0.116. The van der Waals surface area contributed by atoms with Crippen LogP contribution in [0.3, 0.4) is 0 Å². The van der Waals surface area contributed by atoms with Crippen LogP contribution in [0.2, 0.25) is 10.0 Å². The second-order valence-electron chi connectivity index (χ2n) is 9.13. The van der Waals surface area contributed by atoms with Gasteiger partial charge in [0, 0.05) is 24.5 Å². The zero-order valence-electron chi connectivity index (χ0n) is 20.5. The molecule has 194 valence electrons. The molecule has 0 spiro atoms. The Morgan fingerprint density at radius 3 is 2.76 bits per heavy atom. The summed E-state index contributed by atoms with van der Waals surface area (Å²) in [5.41, 5.74) is 1.69. The smallest absolute Gasteiger partial charge is 0.280 e. The third-order valence-corrected chi connectivity index (χ3v) is 7.32. The second-order valence-corrected chi connectivity index (χ2v) is 10.8. The minimum atomic E-state index is -0.331. The van der Waals surface area contributed by atoms with E-state index in [1.54, 1.807) is 23.7 Å². The fourth-order valence-electron chi connectivity index (χ4n) is 4.10. The number of nitrogens with zero attached hydrogens (tertiary/aromatic N) is 6. The van der Waals surface area contributed by atoms with Gasteiger partial charge in [-0.15, -0.1) is 11.3 Å². The van der Waals surface area contributed by atoms with E-state index in [1.165, 1.54) is 22.6 Å². The zero-order chi connectivity index (χ0) is 26.3. The number of carbonyl (C=O) groups is 2. The van der Waals surface area contributed by atoms with Crippen LogP contribution in [0.25, 0.3) is 11.3 Å². The second kappa shape index (κ2) is 10.3. The van der Waals surface area contributed by atoms with E-state index in [-0.39, 0.29) is 18.4 Å². The van der Waals surface area contributed by atoms with Crippen molar-refractivity contribution in [3.05, 3.63) is 39.6 Å². The van der Waals surface area contributed by atoms with Crippen molar-refractivity contribution in [1.29, 1.82) is 0 Å². The van der Waals surface area contributed by atoms with Gasteiger partial charge >= 0.3 is 0 Å². The molecule has 0 radical (unpaired) electrons. The molecule has 2 aliphatic heterocycles. The monoisotopic (exact) mass is 561 g/mol. The van der Waals surface area contributed by atoms with Gasteiger partial charge in [0.1, 0.15) is 6.54 Å². The van der Waals surface area contributed by atoms with Crippen molar-refractivity contribution in [3.8, 4) is 17.0 Å². The number of hydrogen-bond donors (Lipinski definition) is 1. The van der Waals surface area contributed by atoms with E-state index in [1.807, 2.05) is 10.3 Å². The minimum Gasteiger partial charge on any atom is -0.490 e. The number of ether oxygens (including phenoxy) is 1. The lowest BCUT2D eigenvalue weighted by Gasteiger charge is -2.30. The highest BCUT2D eigenvalue weighted by molar-refractivity contribution is 7.14. The van der Waals surface area contributed by atoms with Crippen LogP contribution in [0, 0.1) is 5.92 Å². The summed E-state index contributed by atoms with van der Waals surface area (Å²) in [5.74, 6) is 1.48. The lowest BCUT2D eigenvalue weighted by atomic mass is 10.1. The number of rotatable bonds is 8. The van der Waals surface area contributed by atoms with Crippen molar-refractivity contribution in [2.24, 2.45) is 10.9 Å². The molecule has 0 saturated carbocycles. The molecule has 2 aromatic heterocycles. The van der Waals surface area contributed by atoms with Gasteiger partial charge in [-0.05, 0) is 24.5 Å². The predicted octanol–water partition coefficient (Wildman–Crippen LogP) is 4.64. The minimum absolute atomic E-state index is 0.0861. The average Bonchev–Trinajstić information content (AvgIpc) is 3.59. The summed E-state index contributed by atoms with van der Waals surface area (Å²) >= 11 is 14.1. The predicted molar refractivity (Wildman–Crippen MR) is 145 cm³/mol. The first-order valence-corrected chi connectivity index (χ1v) is 13.4. The topological polar surface area (TPSA) is 105 Å². The van der Waals surface area contributed by atoms with Gasteiger partial charge in [-0.3, -0.25) is 24.4 Å². The fraction of sp³-hybridized carbons (Fsp3) is 0.375. The number of fused-ring (bicyclic) bond motifs is 3. The molecule has 0 fully saturated rings. The largest absolute Gasteiger partial charge is 0.490 e. The number of halogens is 2. The van der Waals surface area contributed by atoms with Crippen LogP contribution >= 0.6 is 34.5 Å². The number of amides is 2. The van der Waals surface area contributed by atoms with Crippen LogP contribution in [0.4, 0.5) is 10.9 Å². The van der Waals surface area contributed by atoms with Crippen LogP contribution in [-0.2, 0) is 11.3 Å². The normalized spacial score (nSPS) is 14.6. The zero-order valence-corrected chi connectivity index (χ0v) is 22.8. The molecule has 0 saturated heterocycles. The number of thiazole rings is 1. The number of benzene rings is 1. The molecule has 4 heterocycles. The van der Waals surface area contributed by atoms with E-state index in [4.69, 9.17) is 27.9 Å². The van der Waals surface area contributed by atoms with E-state index in [9.17, 15) is 9.59 Å². The number of carbonyl (C=O) groups excluding carboxylic acids is 2. The van der Waals surface area contributed by atoms with Crippen LogP contribution in [0.1, 0.15) is 30.8 Å². The molecule has 0 bridgehead atoms. The summed E-state index contributed by atoms with van der Waals surface area (Å²) in [6.07, 6.45) is 2.39. The Morgan fingerprint density at radius 1 is 1.27 bits per heavy atom. The SMILES string of the molecule is CC(C)CCOc1c(Cl)cc(-c2csc(NC(=O)Cn3cnc4c3C(=O)N(C)C3=NCCN34)n2)cc1Cl. The van der Waals surface area contributed by atoms with Gasteiger partial charge in [0.05, 0.1) is 35.2 Å². The molecule has 0 atom stereocenters. The van der Waals surface area contributed by atoms with Gasteiger partial charge < -0.3 is 14.6 Å². The van der Waals surface area contributed by atoms with Gasteiger partial charge in [-0.2, -0.15) is 0 Å². The number of nitrogens with one attached hydrogen (secondary N) is 1. The van der Waals surface area contributed by atoms with Gasteiger partial charge in [0.15, 0.2) is 22.4 Å². The van der Waals surface area contributed by atoms with E-state index >= 15 is 0 Å². The molecule has 5 rings (SSSR count). The summed E-state index contributed by atoms with van der Waals surface area (Å²) in [7, 11) is 1.67. The van der Waals surface area contributed by atoms with E-state index in [0.29, 0.717) is 75.3 Å². The number of aromatic nitrogens is 3. The number of imidazole rings is 1. The Hall–Kier alpha value is -3.15. The van der Waals surface area contributed by atoms with Crippen molar-refractivity contribution in [3.63, 3.8) is 0 Å². The first-order chi connectivity index (χ1) is 17.7. The highest BCUT2D eigenvalue weighted by Gasteiger charge is 2.38. The van der Waals surface area contributed by atoms with Gasteiger partial charge in [0.2, 0.25) is 11.9 Å². The van der Waals surface area contributed by atoms with Crippen LogP contribution in [-0.4, -0.2) is 64.0 Å². The van der Waals surface area contributed by atoms with Crippen LogP contribution in [0.5, 0.6) is 5.75 Å². The number of hydrogen-bond acceptors (Lipinski definition) is 8. The van der Waals surface area contributed by atoms with Crippen molar-refractivity contribution in [1.82, 2.24) is 19.4 Å². The van der Waals surface area contributed by atoms with Crippen molar-refractivity contribution in [2.75, 3.05) is 37.0 Å². The molecule has 3 aromatic rings. The molecule has 1 N–H and O–H groups in total. The van der Waals surface area contributed by atoms with Crippen molar-refractivity contribution in [2.45, 2.75) is 26.8 Å². The molecular formula is C24H25Cl2N7O3S. The summed E-state index contributed by atoms with van der Waals surface area (Å²) < 4.78 is 7.32. The maximum atomic E-state index is 12.9. The molecule has 0 unspecified atom stereocenters. The van der Waals surface area contributed by atoms with E-state index in [0.717, 1.165) is 6.42 Å². The van der Waals surface area contributed by atoms with Crippen LogP contribution in [0.15, 0.2) is 28.8 Å². The Kier molecular flexibility index (Phi) is 7.11. The molecule has 0 aliphatic carbocycles. The molecule has 2 aliphatic rings.